The van der Waals surface area contributed by atoms with Gasteiger partial charge in [0.15, 0.2) is 0 Å². The molecule has 1 rings (SSSR count). The van der Waals surface area contributed by atoms with E-state index >= 15 is 0 Å². The molecule has 3 N–H and O–H groups in total. The molecule has 0 bridgehead atoms. The molecule has 1 atom stereocenters. The Morgan fingerprint density at radius 2 is 2.15 bits per heavy atom. The van der Waals surface area contributed by atoms with Crippen molar-refractivity contribution >= 4 is 22.4 Å². The van der Waals surface area contributed by atoms with Crippen LogP contribution in [0, 0.1) is 0 Å². The first kappa shape index (κ1) is 10.1. The monoisotopic (exact) mass is 198 g/mol. The third-order valence-electron chi connectivity index (χ3n) is 1.57. The molecule has 0 aliphatic rings. The molecule has 72 valence electrons. The summed E-state index contributed by atoms with van der Waals surface area (Å²) in [6.45, 7) is 1.99. The van der Waals surface area contributed by atoms with Crippen LogP contribution in [0.3, 0.4) is 0 Å². The summed E-state index contributed by atoms with van der Waals surface area (Å²) < 4.78 is 14.2. The average molecular weight is 198 g/mol. The second-order valence-corrected chi connectivity index (χ2v) is 4.04. The van der Waals surface area contributed by atoms with Crippen LogP contribution < -0.4 is 10.5 Å². The topological polar surface area (TPSA) is 55.1 Å². The summed E-state index contributed by atoms with van der Waals surface area (Å²) in [6.07, 6.45) is 0.895. The molecule has 0 spiro atoms. The van der Waals surface area contributed by atoms with Crippen molar-refractivity contribution in [3.8, 4) is 0 Å². The maximum Gasteiger partial charge on any atom is 0.117 e. The van der Waals surface area contributed by atoms with Crippen LogP contribution in [0.2, 0.25) is 0 Å². The smallest absolute Gasteiger partial charge is 0.117 e. The molecular weight excluding hydrogens is 184 g/mol. The molecule has 13 heavy (non-hydrogen) atoms. The fourth-order valence-corrected chi connectivity index (χ4v) is 1.85. The SMILES string of the molecule is CCCS(=O)Nc1ccccc1N. The number of nitrogens with one attached hydrogen (secondary N) is 1. The van der Waals surface area contributed by atoms with Gasteiger partial charge in [-0.2, -0.15) is 0 Å². The van der Waals surface area contributed by atoms with E-state index < -0.39 is 11.0 Å². The van der Waals surface area contributed by atoms with Crippen LogP contribution in [-0.4, -0.2) is 9.96 Å². The van der Waals surface area contributed by atoms with E-state index in [1.807, 2.05) is 25.1 Å². The van der Waals surface area contributed by atoms with Gasteiger partial charge in [-0.15, -0.1) is 0 Å². The zero-order chi connectivity index (χ0) is 9.68. The van der Waals surface area contributed by atoms with Crippen molar-refractivity contribution in [3.05, 3.63) is 24.3 Å². The number of nitrogen functional groups attached to an aromatic ring is 1. The van der Waals surface area contributed by atoms with Crippen LogP contribution >= 0.6 is 0 Å². The van der Waals surface area contributed by atoms with Gasteiger partial charge in [-0.05, 0) is 18.6 Å². The van der Waals surface area contributed by atoms with Gasteiger partial charge in [0.05, 0.1) is 11.4 Å². The van der Waals surface area contributed by atoms with Gasteiger partial charge in [0.25, 0.3) is 0 Å². The van der Waals surface area contributed by atoms with E-state index in [4.69, 9.17) is 5.73 Å². The second kappa shape index (κ2) is 4.87. The Bertz CT molecular complexity index is 301. The number of rotatable bonds is 4. The van der Waals surface area contributed by atoms with E-state index in [0.717, 1.165) is 12.1 Å². The maximum absolute atomic E-state index is 11.3. The van der Waals surface area contributed by atoms with Gasteiger partial charge >= 0.3 is 0 Å². The summed E-state index contributed by atoms with van der Waals surface area (Å²) in [5.74, 6) is 0.647. The predicted molar refractivity (Wildman–Crippen MR) is 57.8 cm³/mol. The lowest BCUT2D eigenvalue weighted by Gasteiger charge is -2.06. The predicted octanol–water partition coefficient (Wildman–Crippen LogP) is 1.75. The Morgan fingerprint density at radius 3 is 2.77 bits per heavy atom. The molecule has 0 heterocycles. The molecule has 0 aromatic heterocycles. The van der Waals surface area contributed by atoms with Crippen molar-refractivity contribution in [1.29, 1.82) is 0 Å². The number of para-hydroxylation sites is 2. The van der Waals surface area contributed by atoms with E-state index in [-0.39, 0.29) is 0 Å². The minimum atomic E-state index is -1.01. The minimum absolute atomic E-state index is 0.631. The molecule has 1 aromatic carbocycles. The molecule has 0 radical (unpaired) electrons. The standard InChI is InChI=1S/C9H14N2OS/c1-2-7-13(12)11-9-6-4-3-5-8(9)10/h3-6,11H,2,7,10H2,1H3. The zero-order valence-electron chi connectivity index (χ0n) is 7.62. The van der Waals surface area contributed by atoms with E-state index in [1.165, 1.54) is 0 Å². The van der Waals surface area contributed by atoms with E-state index in [2.05, 4.69) is 4.72 Å². The largest absolute Gasteiger partial charge is 0.397 e. The lowest BCUT2D eigenvalue weighted by atomic mass is 10.3. The Morgan fingerprint density at radius 1 is 1.46 bits per heavy atom. The Kier molecular flexibility index (Phi) is 3.76. The van der Waals surface area contributed by atoms with Crippen molar-refractivity contribution < 1.29 is 4.21 Å². The molecule has 0 aliphatic carbocycles. The van der Waals surface area contributed by atoms with Gasteiger partial charge in [0, 0.05) is 5.75 Å². The van der Waals surface area contributed by atoms with Gasteiger partial charge in [0.1, 0.15) is 11.0 Å². The Balaban J connectivity index is 2.63. The quantitative estimate of drug-likeness (QED) is 0.724. The van der Waals surface area contributed by atoms with Crippen molar-refractivity contribution in [2.24, 2.45) is 0 Å². The maximum atomic E-state index is 11.3. The van der Waals surface area contributed by atoms with E-state index in [9.17, 15) is 4.21 Å². The van der Waals surface area contributed by atoms with Gasteiger partial charge in [0.2, 0.25) is 0 Å². The lowest BCUT2D eigenvalue weighted by Crippen LogP contribution is -2.09. The minimum Gasteiger partial charge on any atom is -0.397 e. The first-order valence-corrected chi connectivity index (χ1v) is 5.55. The molecule has 0 saturated carbocycles. The molecule has 4 heteroatoms. The second-order valence-electron chi connectivity index (χ2n) is 2.74. The lowest BCUT2D eigenvalue weighted by molar-refractivity contribution is 0.685. The summed E-state index contributed by atoms with van der Waals surface area (Å²) in [6, 6.07) is 7.32. The number of nitrogens with two attached hydrogens (primary N) is 1. The highest BCUT2D eigenvalue weighted by molar-refractivity contribution is 7.86. The average Bonchev–Trinajstić information content (AvgIpc) is 2.09. The van der Waals surface area contributed by atoms with Crippen LogP contribution in [0.1, 0.15) is 13.3 Å². The summed E-state index contributed by atoms with van der Waals surface area (Å²) in [5, 5.41) is 0. The normalized spacial score (nSPS) is 12.4. The van der Waals surface area contributed by atoms with Gasteiger partial charge in [-0.1, -0.05) is 19.1 Å². The number of benzene rings is 1. The molecule has 1 unspecified atom stereocenters. The first-order chi connectivity index (χ1) is 6.24. The molecule has 0 fully saturated rings. The molecule has 1 aromatic rings. The zero-order valence-corrected chi connectivity index (χ0v) is 8.43. The summed E-state index contributed by atoms with van der Waals surface area (Å²) in [5.41, 5.74) is 7.04. The summed E-state index contributed by atoms with van der Waals surface area (Å²) in [7, 11) is -1.01. The summed E-state index contributed by atoms with van der Waals surface area (Å²) >= 11 is 0. The fraction of sp³-hybridized carbons (Fsp3) is 0.333. The highest BCUT2D eigenvalue weighted by Crippen LogP contribution is 2.17. The van der Waals surface area contributed by atoms with Crippen LogP contribution in [0.5, 0.6) is 0 Å². The highest BCUT2D eigenvalue weighted by Gasteiger charge is 2.00. The fourth-order valence-electron chi connectivity index (χ4n) is 0.949. The third kappa shape index (κ3) is 3.06. The van der Waals surface area contributed by atoms with E-state index in [0.29, 0.717) is 11.4 Å². The number of hydrogen-bond acceptors (Lipinski definition) is 2. The number of hydrogen-bond donors (Lipinski definition) is 2. The molecule has 3 nitrogen and oxygen atoms in total. The van der Waals surface area contributed by atoms with Crippen LogP contribution in [0.25, 0.3) is 0 Å². The van der Waals surface area contributed by atoms with Crippen molar-refractivity contribution in [2.75, 3.05) is 16.2 Å². The van der Waals surface area contributed by atoms with Crippen LogP contribution in [-0.2, 0) is 11.0 Å². The molecule has 0 amide bonds. The third-order valence-corrected chi connectivity index (χ3v) is 2.80. The number of anilines is 2. The van der Waals surface area contributed by atoms with Crippen molar-refractivity contribution in [3.63, 3.8) is 0 Å². The highest BCUT2D eigenvalue weighted by atomic mass is 32.2. The first-order valence-electron chi connectivity index (χ1n) is 4.23. The molecular formula is C9H14N2OS. The van der Waals surface area contributed by atoms with Crippen molar-refractivity contribution in [1.82, 2.24) is 0 Å². The molecule has 0 aliphatic heterocycles. The van der Waals surface area contributed by atoms with Crippen molar-refractivity contribution in [2.45, 2.75) is 13.3 Å². The van der Waals surface area contributed by atoms with E-state index in [1.54, 1.807) is 6.07 Å². The molecule has 0 saturated heterocycles. The van der Waals surface area contributed by atoms with Gasteiger partial charge in [-0.25, -0.2) is 4.21 Å². The van der Waals surface area contributed by atoms with Gasteiger partial charge in [-0.3, -0.25) is 0 Å². The van der Waals surface area contributed by atoms with Crippen LogP contribution in [0.15, 0.2) is 24.3 Å². The summed E-state index contributed by atoms with van der Waals surface area (Å²) in [4.78, 5) is 0. The Hall–Kier alpha value is -1.03. The van der Waals surface area contributed by atoms with Gasteiger partial charge < -0.3 is 10.5 Å². The van der Waals surface area contributed by atoms with Crippen LogP contribution in [0.4, 0.5) is 11.4 Å². The Labute approximate surface area is 80.9 Å².